The van der Waals surface area contributed by atoms with Crippen molar-refractivity contribution in [1.82, 2.24) is 4.90 Å². The average Bonchev–Trinajstić information content (AvgIpc) is 2.95. The molecule has 1 aromatic rings. The highest BCUT2D eigenvalue weighted by molar-refractivity contribution is 8.18. The summed E-state index contributed by atoms with van der Waals surface area (Å²) >= 11 is 1.40. The normalized spacial score (nSPS) is 25.3. The van der Waals surface area contributed by atoms with Gasteiger partial charge in [-0.3, -0.25) is 4.79 Å². The van der Waals surface area contributed by atoms with Crippen LogP contribution in [-0.2, 0) is 9.53 Å². The van der Waals surface area contributed by atoms with Gasteiger partial charge >= 0.3 is 0 Å². The van der Waals surface area contributed by atoms with E-state index in [0.717, 1.165) is 23.8 Å². The number of carbonyl (C=O) groups is 1. The second-order valence-electron chi connectivity index (χ2n) is 6.08. The Bertz CT molecular complexity index is 722. The number of ether oxygens (including phenoxy) is 3. The molecule has 2 atom stereocenters. The zero-order chi connectivity index (χ0) is 18.0. The van der Waals surface area contributed by atoms with Crippen LogP contribution in [-0.4, -0.2) is 55.5 Å². The fraction of sp³-hybridized carbons (Fsp3) is 0.444. The second kappa shape index (κ2) is 7.49. The van der Waals surface area contributed by atoms with Crippen LogP contribution < -0.4 is 9.47 Å². The van der Waals surface area contributed by atoms with Crippen LogP contribution in [0.15, 0.2) is 28.1 Å². The molecule has 2 heterocycles. The Kier molecular flexibility index (Phi) is 5.34. The summed E-state index contributed by atoms with van der Waals surface area (Å²) in [4.78, 5) is 19.2. The molecule has 25 heavy (non-hydrogen) atoms. The van der Waals surface area contributed by atoms with E-state index in [1.165, 1.54) is 11.8 Å². The summed E-state index contributed by atoms with van der Waals surface area (Å²) in [5.74, 6) is 1.14. The van der Waals surface area contributed by atoms with Gasteiger partial charge in [0.2, 0.25) is 0 Å². The van der Waals surface area contributed by atoms with E-state index in [0.29, 0.717) is 16.4 Å². The number of amides is 1. The van der Waals surface area contributed by atoms with Gasteiger partial charge in [-0.05, 0) is 43.8 Å². The molecule has 1 aromatic carbocycles. The molecule has 1 fully saturated rings. The van der Waals surface area contributed by atoms with E-state index in [-0.39, 0.29) is 18.1 Å². The average molecular weight is 362 g/mol. The Morgan fingerprint density at radius 2 is 1.96 bits per heavy atom. The van der Waals surface area contributed by atoms with Gasteiger partial charge in [0.1, 0.15) is 11.5 Å². The minimum atomic E-state index is -0.218. The molecule has 0 radical (unpaired) electrons. The van der Waals surface area contributed by atoms with Gasteiger partial charge in [-0.1, -0.05) is 0 Å². The monoisotopic (exact) mass is 362 g/mol. The summed E-state index contributed by atoms with van der Waals surface area (Å²) in [7, 11) is 3.20. The highest BCUT2D eigenvalue weighted by Crippen LogP contribution is 2.34. The van der Waals surface area contributed by atoms with Crippen molar-refractivity contribution in [3.05, 3.63) is 28.7 Å². The number of benzene rings is 1. The van der Waals surface area contributed by atoms with Gasteiger partial charge in [-0.15, -0.1) is 0 Å². The standard InChI is InChI=1S/C18H22N2O4S/c1-11-9-20(10-12(2)24-11)18-19-17(21)16(25-18)7-13-5-6-14(22-3)8-15(13)23-4/h5-8,11-12H,9-10H2,1-4H3/b16-7-/t11-,12+. The lowest BCUT2D eigenvalue weighted by molar-refractivity contribution is -0.113. The van der Waals surface area contributed by atoms with E-state index in [2.05, 4.69) is 9.89 Å². The first-order valence-electron chi connectivity index (χ1n) is 8.15. The SMILES string of the molecule is COc1ccc(/C=C2\SC(N3C[C@@H](C)O[C@@H](C)C3)=NC2=O)c(OC)c1. The van der Waals surface area contributed by atoms with Crippen LogP contribution in [0.4, 0.5) is 0 Å². The van der Waals surface area contributed by atoms with Crippen molar-refractivity contribution in [2.45, 2.75) is 26.1 Å². The summed E-state index contributed by atoms with van der Waals surface area (Å²) in [6.45, 7) is 5.54. The Hall–Kier alpha value is -1.99. The molecule has 3 rings (SSSR count). The first-order valence-corrected chi connectivity index (χ1v) is 8.96. The zero-order valence-electron chi connectivity index (χ0n) is 14.8. The quantitative estimate of drug-likeness (QED) is 0.771. The highest BCUT2D eigenvalue weighted by Gasteiger charge is 2.31. The van der Waals surface area contributed by atoms with Gasteiger partial charge in [-0.25, -0.2) is 0 Å². The number of nitrogens with zero attached hydrogens (tertiary/aromatic N) is 2. The Morgan fingerprint density at radius 1 is 1.24 bits per heavy atom. The van der Waals surface area contributed by atoms with E-state index in [4.69, 9.17) is 14.2 Å². The Balaban J connectivity index is 1.79. The summed E-state index contributed by atoms with van der Waals surface area (Å²) < 4.78 is 16.3. The number of thioether (sulfide) groups is 1. The Labute approximate surface area is 151 Å². The number of amidine groups is 1. The molecule has 0 N–H and O–H groups in total. The van der Waals surface area contributed by atoms with Gasteiger partial charge in [0.15, 0.2) is 5.17 Å². The molecule has 134 valence electrons. The number of methoxy groups -OCH3 is 2. The fourth-order valence-corrected chi connectivity index (χ4v) is 3.87. The zero-order valence-corrected chi connectivity index (χ0v) is 15.6. The summed E-state index contributed by atoms with van der Waals surface area (Å²) in [6.07, 6.45) is 2.06. The van der Waals surface area contributed by atoms with E-state index < -0.39 is 0 Å². The number of hydrogen-bond acceptors (Lipinski definition) is 6. The molecule has 0 unspecified atom stereocenters. The van der Waals surface area contributed by atoms with Gasteiger partial charge in [0.25, 0.3) is 5.91 Å². The maximum absolute atomic E-state index is 12.3. The van der Waals surface area contributed by atoms with Crippen molar-refractivity contribution in [3.8, 4) is 11.5 Å². The van der Waals surface area contributed by atoms with Crippen LogP contribution in [0, 0.1) is 0 Å². The molecule has 0 spiro atoms. The molecule has 0 bridgehead atoms. The van der Waals surface area contributed by atoms with Crippen LogP contribution in [0.1, 0.15) is 19.4 Å². The second-order valence-corrected chi connectivity index (χ2v) is 7.09. The molecule has 2 aliphatic rings. The van der Waals surface area contributed by atoms with Gasteiger partial charge in [0, 0.05) is 24.7 Å². The number of rotatable bonds is 3. The van der Waals surface area contributed by atoms with Crippen molar-refractivity contribution in [2.75, 3.05) is 27.3 Å². The molecule has 1 amide bonds. The number of carbonyl (C=O) groups excluding carboxylic acids is 1. The first-order chi connectivity index (χ1) is 12.0. The number of aliphatic imine (C=N–C) groups is 1. The number of hydrogen-bond donors (Lipinski definition) is 0. The third-order valence-corrected chi connectivity index (χ3v) is 5.07. The van der Waals surface area contributed by atoms with Gasteiger partial charge in [-0.2, -0.15) is 4.99 Å². The molecular weight excluding hydrogens is 340 g/mol. The van der Waals surface area contributed by atoms with E-state index in [1.54, 1.807) is 20.3 Å². The maximum Gasteiger partial charge on any atom is 0.286 e. The topological polar surface area (TPSA) is 60.4 Å². The van der Waals surface area contributed by atoms with Crippen molar-refractivity contribution in [3.63, 3.8) is 0 Å². The minimum absolute atomic E-state index is 0.122. The van der Waals surface area contributed by atoms with E-state index >= 15 is 0 Å². The summed E-state index contributed by atoms with van der Waals surface area (Å²) in [6, 6.07) is 5.51. The van der Waals surface area contributed by atoms with Crippen LogP contribution >= 0.6 is 11.8 Å². The maximum atomic E-state index is 12.3. The minimum Gasteiger partial charge on any atom is -0.497 e. The predicted molar refractivity (Wildman–Crippen MR) is 99.1 cm³/mol. The highest BCUT2D eigenvalue weighted by atomic mass is 32.2. The van der Waals surface area contributed by atoms with Crippen molar-refractivity contribution in [1.29, 1.82) is 0 Å². The van der Waals surface area contributed by atoms with Crippen molar-refractivity contribution >= 4 is 28.9 Å². The third kappa shape index (κ3) is 3.99. The van der Waals surface area contributed by atoms with Gasteiger partial charge in [0.05, 0.1) is 31.3 Å². The lowest BCUT2D eigenvalue weighted by Crippen LogP contribution is -2.47. The van der Waals surface area contributed by atoms with E-state index in [1.807, 2.05) is 32.1 Å². The summed E-state index contributed by atoms with van der Waals surface area (Å²) in [5, 5.41) is 0.741. The molecule has 0 aliphatic carbocycles. The van der Waals surface area contributed by atoms with Gasteiger partial charge < -0.3 is 19.1 Å². The Morgan fingerprint density at radius 3 is 2.60 bits per heavy atom. The molecule has 6 nitrogen and oxygen atoms in total. The molecule has 2 aliphatic heterocycles. The number of morpholine rings is 1. The third-order valence-electron chi connectivity index (χ3n) is 4.03. The molecule has 0 aromatic heterocycles. The predicted octanol–water partition coefficient (Wildman–Crippen LogP) is 2.78. The molecule has 1 saturated heterocycles. The summed E-state index contributed by atoms with van der Waals surface area (Å²) in [5.41, 5.74) is 0.819. The fourth-order valence-electron chi connectivity index (χ4n) is 2.95. The largest absolute Gasteiger partial charge is 0.497 e. The lowest BCUT2D eigenvalue weighted by Gasteiger charge is -2.35. The molecule has 7 heteroatoms. The molecular formula is C18H22N2O4S. The van der Waals surface area contributed by atoms with Crippen LogP contribution in [0.2, 0.25) is 0 Å². The van der Waals surface area contributed by atoms with Crippen LogP contribution in [0.25, 0.3) is 6.08 Å². The van der Waals surface area contributed by atoms with Crippen LogP contribution in [0.5, 0.6) is 11.5 Å². The van der Waals surface area contributed by atoms with Crippen LogP contribution in [0.3, 0.4) is 0 Å². The smallest absolute Gasteiger partial charge is 0.286 e. The first kappa shape index (κ1) is 17.8. The molecule has 0 saturated carbocycles. The lowest BCUT2D eigenvalue weighted by atomic mass is 10.1. The van der Waals surface area contributed by atoms with Crippen molar-refractivity contribution in [2.24, 2.45) is 4.99 Å². The van der Waals surface area contributed by atoms with Crippen molar-refractivity contribution < 1.29 is 19.0 Å². The van der Waals surface area contributed by atoms with E-state index in [9.17, 15) is 4.79 Å².